The highest BCUT2D eigenvalue weighted by Crippen LogP contribution is 1.95. The lowest BCUT2D eigenvalue weighted by Gasteiger charge is -2.14. The van der Waals surface area contributed by atoms with Crippen LogP contribution in [0, 0.1) is 0 Å². The van der Waals surface area contributed by atoms with Crippen LogP contribution in [-0.2, 0) is 14.3 Å². The first-order valence-electron chi connectivity index (χ1n) is 4.69. The number of ether oxygens (including phenoxy) is 1. The van der Waals surface area contributed by atoms with Crippen molar-refractivity contribution in [1.82, 2.24) is 5.32 Å². The number of amides is 1. The molecular formula is C9H17NO4. The van der Waals surface area contributed by atoms with E-state index in [0.717, 1.165) is 12.8 Å². The minimum atomic E-state index is -1.07. The molecule has 14 heavy (non-hydrogen) atoms. The maximum absolute atomic E-state index is 11.1. The molecule has 0 spiro atoms. The molecule has 0 atom stereocenters. The molecule has 0 aliphatic carbocycles. The van der Waals surface area contributed by atoms with Gasteiger partial charge in [0.2, 0.25) is 5.91 Å². The molecule has 82 valence electrons. The topological polar surface area (TPSA) is 75.6 Å². The van der Waals surface area contributed by atoms with Crippen LogP contribution in [0.3, 0.4) is 0 Å². The largest absolute Gasteiger partial charge is 0.480 e. The summed E-state index contributed by atoms with van der Waals surface area (Å²) in [6, 6.07) is 0.149. The van der Waals surface area contributed by atoms with Gasteiger partial charge in [-0.25, -0.2) is 4.79 Å². The van der Waals surface area contributed by atoms with E-state index in [1.165, 1.54) is 0 Å². The van der Waals surface area contributed by atoms with E-state index in [4.69, 9.17) is 5.11 Å². The van der Waals surface area contributed by atoms with Crippen molar-refractivity contribution in [3.63, 3.8) is 0 Å². The third-order valence-electron chi connectivity index (χ3n) is 1.81. The van der Waals surface area contributed by atoms with Gasteiger partial charge in [0.05, 0.1) is 0 Å². The van der Waals surface area contributed by atoms with E-state index in [1.54, 1.807) is 0 Å². The van der Waals surface area contributed by atoms with Crippen molar-refractivity contribution in [1.29, 1.82) is 0 Å². The molecule has 0 unspecified atom stereocenters. The van der Waals surface area contributed by atoms with Crippen molar-refractivity contribution < 1.29 is 19.4 Å². The minimum Gasteiger partial charge on any atom is -0.480 e. The Hall–Kier alpha value is -1.10. The van der Waals surface area contributed by atoms with Crippen LogP contribution < -0.4 is 5.32 Å². The maximum atomic E-state index is 11.1. The SMILES string of the molecule is CCC(CC)NC(=O)COCC(=O)O. The third kappa shape index (κ3) is 6.42. The first-order valence-corrected chi connectivity index (χ1v) is 4.69. The summed E-state index contributed by atoms with van der Waals surface area (Å²) in [5.74, 6) is -1.33. The van der Waals surface area contributed by atoms with Crippen LogP contribution >= 0.6 is 0 Å². The number of carboxylic acids is 1. The zero-order chi connectivity index (χ0) is 11.0. The van der Waals surface area contributed by atoms with Crippen molar-refractivity contribution >= 4 is 11.9 Å². The molecule has 0 aliphatic rings. The van der Waals surface area contributed by atoms with Gasteiger partial charge in [-0.2, -0.15) is 0 Å². The normalized spacial score (nSPS) is 10.2. The summed E-state index contributed by atoms with van der Waals surface area (Å²) in [5, 5.41) is 11.0. The molecule has 1 amide bonds. The van der Waals surface area contributed by atoms with Gasteiger partial charge in [0.1, 0.15) is 13.2 Å². The molecule has 0 heterocycles. The van der Waals surface area contributed by atoms with Gasteiger partial charge >= 0.3 is 5.97 Å². The third-order valence-corrected chi connectivity index (χ3v) is 1.81. The molecule has 5 nitrogen and oxygen atoms in total. The smallest absolute Gasteiger partial charge is 0.329 e. The van der Waals surface area contributed by atoms with E-state index >= 15 is 0 Å². The average molecular weight is 203 g/mol. The molecule has 2 N–H and O–H groups in total. The zero-order valence-electron chi connectivity index (χ0n) is 8.58. The molecule has 0 fully saturated rings. The van der Waals surface area contributed by atoms with E-state index in [0.29, 0.717) is 0 Å². The molecule has 0 bridgehead atoms. The monoisotopic (exact) mass is 203 g/mol. The summed E-state index contributed by atoms with van der Waals surface area (Å²) >= 11 is 0. The van der Waals surface area contributed by atoms with Crippen LogP contribution in [0.15, 0.2) is 0 Å². The zero-order valence-corrected chi connectivity index (χ0v) is 8.58. The highest BCUT2D eigenvalue weighted by molar-refractivity contribution is 5.78. The van der Waals surface area contributed by atoms with Crippen molar-refractivity contribution in [2.75, 3.05) is 13.2 Å². The second kappa shape index (κ2) is 7.32. The highest BCUT2D eigenvalue weighted by atomic mass is 16.5. The molecule has 5 heteroatoms. The van der Waals surface area contributed by atoms with E-state index in [1.807, 2.05) is 13.8 Å². The van der Waals surface area contributed by atoms with Gasteiger partial charge < -0.3 is 15.2 Å². The number of rotatable bonds is 7. The molecule has 0 saturated carbocycles. The number of carboxylic acid groups (broad SMARTS) is 1. The van der Waals surface area contributed by atoms with E-state index in [-0.39, 0.29) is 18.6 Å². The quantitative estimate of drug-likeness (QED) is 0.627. The lowest BCUT2D eigenvalue weighted by atomic mass is 10.2. The number of hydrogen-bond acceptors (Lipinski definition) is 3. The molecule has 0 saturated heterocycles. The molecule has 0 rings (SSSR count). The average Bonchev–Trinajstić information content (AvgIpc) is 2.13. The second-order valence-electron chi connectivity index (χ2n) is 2.97. The Kier molecular flexibility index (Phi) is 6.74. The lowest BCUT2D eigenvalue weighted by Crippen LogP contribution is -2.36. The number of carbonyl (C=O) groups excluding carboxylic acids is 1. The van der Waals surface area contributed by atoms with E-state index in [9.17, 15) is 9.59 Å². The fraction of sp³-hybridized carbons (Fsp3) is 0.778. The first-order chi connectivity index (χ1) is 6.60. The predicted molar refractivity (Wildman–Crippen MR) is 51.0 cm³/mol. The van der Waals surface area contributed by atoms with Gasteiger partial charge in [-0.3, -0.25) is 4.79 Å². The van der Waals surface area contributed by atoms with Crippen molar-refractivity contribution in [3.05, 3.63) is 0 Å². The molecule has 0 radical (unpaired) electrons. The second-order valence-corrected chi connectivity index (χ2v) is 2.97. The van der Waals surface area contributed by atoms with Crippen molar-refractivity contribution in [2.24, 2.45) is 0 Å². The summed E-state index contributed by atoms with van der Waals surface area (Å²) in [7, 11) is 0. The lowest BCUT2D eigenvalue weighted by molar-refractivity contribution is -0.143. The molecule has 0 aromatic rings. The summed E-state index contributed by atoms with van der Waals surface area (Å²) in [6.07, 6.45) is 1.72. The van der Waals surface area contributed by atoms with Gasteiger partial charge in [0.25, 0.3) is 0 Å². The van der Waals surface area contributed by atoms with Gasteiger partial charge in [0.15, 0.2) is 0 Å². The van der Waals surface area contributed by atoms with Crippen LogP contribution in [0.4, 0.5) is 0 Å². The van der Waals surface area contributed by atoms with Gasteiger partial charge in [-0.15, -0.1) is 0 Å². The fourth-order valence-corrected chi connectivity index (χ4v) is 0.993. The fourth-order valence-electron chi connectivity index (χ4n) is 0.993. The number of nitrogens with one attached hydrogen (secondary N) is 1. The Balaban J connectivity index is 3.59. The summed E-state index contributed by atoms with van der Waals surface area (Å²) < 4.78 is 4.64. The van der Waals surface area contributed by atoms with Crippen LogP contribution in [0.5, 0.6) is 0 Å². The molecule has 0 aliphatic heterocycles. The van der Waals surface area contributed by atoms with Crippen LogP contribution in [0.1, 0.15) is 26.7 Å². The Bertz CT molecular complexity index is 189. The van der Waals surface area contributed by atoms with Crippen molar-refractivity contribution in [3.8, 4) is 0 Å². The summed E-state index contributed by atoms with van der Waals surface area (Å²) in [5.41, 5.74) is 0. The minimum absolute atomic E-state index is 0.149. The van der Waals surface area contributed by atoms with E-state index < -0.39 is 12.6 Å². The van der Waals surface area contributed by atoms with Crippen LogP contribution in [-0.4, -0.2) is 36.2 Å². The molecular weight excluding hydrogens is 186 g/mol. The van der Waals surface area contributed by atoms with Gasteiger partial charge in [0, 0.05) is 6.04 Å². The van der Waals surface area contributed by atoms with Crippen LogP contribution in [0.25, 0.3) is 0 Å². The Labute approximate surface area is 83.4 Å². The number of hydrogen-bond donors (Lipinski definition) is 2. The molecule has 0 aromatic carbocycles. The number of aliphatic carboxylic acids is 1. The van der Waals surface area contributed by atoms with Gasteiger partial charge in [-0.1, -0.05) is 13.8 Å². The standard InChI is InChI=1S/C9H17NO4/c1-3-7(4-2)10-8(11)5-14-6-9(12)13/h7H,3-6H2,1-2H3,(H,10,11)(H,12,13). The van der Waals surface area contributed by atoms with Crippen LogP contribution in [0.2, 0.25) is 0 Å². The summed E-state index contributed by atoms with van der Waals surface area (Å²) in [6.45, 7) is 3.33. The van der Waals surface area contributed by atoms with E-state index in [2.05, 4.69) is 10.1 Å². The first kappa shape index (κ1) is 12.9. The predicted octanol–water partition coefficient (Wildman–Crippen LogP) is 0.392. The Morgan fingerprint density at radius 2 is 1.86 bits per heavy atom. The summed E-state index contributed by atoms with van der Waals surface area (Å²) in [4.78, 5) is 21.2. The number of carbonyl (C=O) groups is 2. The highest BCUT2D eigenvalue weighted by Gasteiger charge is 2.08. The van der Waals surface area contributed by atoms with Crippen molar-refractivity contribution in [2.45, 2.75) is 32.7 Å². The Morgan fingerprint density at radius 3 is 2.29 bits per heavy atom. The van der Waals surface area contributed by atoms with Gasteiger partial charge in [-0.05, 0) is 12.8 Å². The maximum Gasteiger partial charge on any atom is 0.329 e. The Morgan fingerprint density at radius 1 is 1.29 bits per heavy atom. The molecule has 0 aromatic heterocycles.